The van der Waals surface area contributed by atoms with Crippen LogP contribution in [0.15, 0.2) is 6.20 Å². The summed E-state index contributed by atoms with van der Waals surface area (Å²) in [6.45, 7) is 5.09. The van der Waals surface area contributed by atoms with Crippen LogP contribution in [0.25, 0.3) is 0 Å². The van der Waals surface area contributed by atoms with E-state index in [2.05, 4.69) is 15.3 Å². The van der Waals surface area contributed by atoms with Crippen molar-refractivity contribution in [1.82, 2.24) is 9.97 Å². The summed E-state index contributed by atoms with van der Waals surface area (Å²) in [7, 11) is 0. The fourth-order valence-electron chi connectivity index (χ4n) is 1.55. The number of hydrogen-bond acceptors (Lipinski definition) is 4. The number of anilines is 2. The first-order chi connectivity index (χ1) is 8.37. The van der Waals surface area contributed by atoms with E-state index >= 15 is 0 Å². The highest BCUT2D eigenvalue weighted by atomic mass is 19.4. The lowest BCUT2D eigenvalue weighted by Crippen LogP contribution is -2.35. The Balaban J connectivity index is 3.00. The first-order valence-corrected chi connectivity index (χ1v) is 5.76. The van der Waals surface area contributed by atoms with Crippen molar-refractivity contribution in [2.75, 3.05) is 29.9 Å². The van der Waals surface area contributed by atoms with Gasteiger partial charge in [0.05, 0.1) is 0 Å². The van der Waals surface area contributed by atoms with Gasteiger partial charge in [0.25, 0.3) is 0 Å². The molecule has 0 saturated heterocycles. The highest BCUT2D eigenvalue weighted by Gasteiger charge is 2.31. The van der Waals surface area contributed by atoms with E-state index in [9.17, 15) is 13.2 Å². The Morgan fingerprint density at radius 2 is 2.00 bits per heavy atom. The SMILES string of the molecule is CCNc1ncc(C)c(N(CC)CC(F)(F)F)n1. The lowest BCUT2D eigenvalue weighted by Gasteiger charge is -2.25. The third kappa shape index (κ3) is 4.05. The Kier molecular flexibility index (Phi) is 4.75. The molecule has 0 aliphatic heterocycles. The van der Waals surface area contributed by atoms with Crippen molar-refractivity contribution in [3.8, 4) is 0 Å². The van der Waals surface area contributed by atoms with Crippen molar-refractivity contribution < 1.29 is 13.2 Å². The molecule has 0 bridgehead atoms. The molecule has 0 aromatic carbocycles. The molecule has 1 aromatic heterocycles. The zero-order chi connectivity index (χ0) is 13.8. The van der Waals surface area contributed by atoms with E-state index in [1.807, 2.05) is 6.92 Å². The zero-order valence-electron chi connectivity index (χ0n) is 10.7. The summed E-state index contributed by atoms with van der Waals surface area (Å²) in [6, 6.07) is 0. The summed E-state index contributed by atoms with van der Waals surface area (Å²) >= 11 is 0. The minimum atomic E-state index is -4.24. The van der Waals surface area contributed by atoms with Gasteiger partial charge in [-0.2, -0.15) is 18.2 Å². The van der Waals surface area contributed by atoms with Crippen LogP contribution in [0.2, 0.25) is 0 Å². The minimum Gasteiger partial charge on any atom is -0.354 e. The molecule has 0 fully saturated rings. The van der Waals surface area contributed by atoms with Gasteiger partial charge >= 0.3 is 6.18 Å². The molecule has 1 aromatic rings. The van der Waals surface area contributed by atoms with E-state index in [1.165, 1.54) is 11.1 Å². The van der Waals surface area contributed by atoms with Crippen LogP contribution in [0.1, 0.15) is 19.4 Å². The van der Waals surface area contributed by atoms with Crippen molar-refractivity contribution in [3.63, 3.8) is 0 Å². The van der Waals surface area contributed by atoms with E-state index in [0.29, 0.717) is 23.9 Å². The number of aromatic nitrogens is 2. The Morgan fingerprint density at radius 1 is 1.33 bits per heavy atom. The average molecular weight is 262 g/mol. The highest BCUT2D eigenvalue weighted by molar-refractivity contribution is 5.49. The smallest absolute Gasteiger partial charge is 0.354 e. The Labute approximate surface area is 104 Å². The molecule has 0 spiro atoms. The minimum absolute atomic E-state index is 0.239. The number of rotatable bonds is 5. The average Bonchev–Trinajstić information content (AvgIpc) is 2.28. The first-order valence-electron chi connectivity index (χ1n) is 5.76. The number of nitrogens with zero attached hydrogens (tertiary/aromatic N) is 3. The monoisotopic (exact) mass is 262 g/mol. The molecular weight excluding hydrogens is 245 g/mol. The van der Waals surface area contributed by atoms with Crippen LogP contribution in [0.3, 0.4) is 0 Å². The highest BCUT2D eigenvalue weighted by Crippen LogP contribution is 2.23. The molecule has 18 heavy (non-hydrogen) atoms. The van der Waals surface area contributed by atoms with Gasteiger partial charge < -0.3 is 10.2 Å². The summed E-state index contributed by atoms with van der Waals surface area (Å²) in [4.78, 5) is 9.33. The molecule has 7 heteroatoms. The summed E-state index contributed by atoms with van der Waals surface area (Å²) in [6.07, 6.45) is -2.72. The summed E-state index contributed by atoms with van der Waals surface area (Å²) in [5.74, 6) is 0.666. The van der Waals surface area contributed by atoms with E-state index in [-0.39, 0.29) is 6.54 Å². The van der Waals surface area contributed by atoms with Gasteiger partial charge in [0.2, 0.25) is 5.95 Å². The quantitative estimate of drug-likeness (QED) is 0.885. The Hall–Kier alpha value is -1.53. The first kappa shape index (κ1) is 14.5. The molecule has 0 aliphatic rings. The molecule has 0 atom stereocenters. The van der Waals surface area contributed by atoms with E-state index < -0.39 is 12.7 Å². The van der Waals surface area contributed by atoms with Gasteiger partial charge in [-0.15, -0.1) is 0 Å². The molecule has 0 saturated carbocycles. The lowest BCUT2D eigenvalue weighted by molar-refractivity contribution is -0.119. The van der Waals surface area contributed by atoms with E-state index in [4.69, 9.17) is 0 Å². The summed E-state index contributed by atoms with van der Waals surface area (Å²) < 4.78 is 37.4. The van der Waals surface area contributed by atoms with Crippen LogP contribution in [-0.4, -0.2) is 35.8 Å². The van der Waals surface area contributed by atoms with Crippen molar-refractivity contribution in [1.29, 1.82) is 0 Å². The third-order valence-corrected chi connectivity index (χ3v) is 2.33. The Morgan fingerprint density at radius 3 is 2.50 bits per heavy atom. The topological polar surface area (TPSA) is 41.1 Å². The zero-order valence-corrected chi connectivity index (χ0v) is 10.7. The normalized spacial score (nSPS) is 11.4. The molecule has 1 N–H and O–H groups in total. The van der Waals surface area contributed by atoms with Gasteiger partial charge in [-0.1, -0.05) is 0 Å². The number of hydrogen-bond donors (Lipinski definition) is 1. The molecule has 0 unspecified atom stereocenters. The van der Waals surface area contributed by atoms with Crippen LogP contribution in [-0.2, 0) is 0 Å². The molecule has 0 radical (unpaired) electrons. The molecule has 4 nitrogen and oxygen atoms in total. The largest absolute Gasteiger partial charge is 0.405 e. The van der Waals surface area contributed by atoms with Gasteiger partial charge in [-0.3, -0.25) is 0 Å². The van der Waals surface area contributed by atoms with Gasteiger partial charge in [0, 0.05) is 24.8 Å². The van der Waals surface area contributed by atoms with Crippen LogP contribution in [0.5, 0.6) is 0 Å². The fraction of sp³-hybridized carbons (Fsp3) is 0.636. The van der Waals surface area contributed by atoms with Crippen molar-refractivity contribution in [2.24, 2.45) is 0 Å². The molecule has 0 aliphatic carbocycles. The molecule has 102 valence electrons. The van der Waals surface area contributed by atoms with Crippen LogP contribution >= 0.6 is 0 Å². The maximum atomic E-state index is 12.5. The van der Waals surface area contributed by atoms with Crippen molar-refractivity contribution >= 4 is 11.8 Å². The van der Waals surface area contributed by atoms with Crippen LogP contribution in [0.4, 0.5) is 24.9 Å². The fourth-order valence-corrected chi connectivity index (χ4v) is 1.55. The van der Waals surface area contributed by atoms with E-state index in [0.717, 1.165) is 0 Å². The second kappa shape index (κ2) is 5.88. The molecular formula is C11H17F3N4. The second-order valence-electron chi connectivity index (χ2n) is 3.86. The third-order valence-electron chi connectivity index (χ3n) is 2.33. The van der Waals surface area contributed by atoms with Crippen LogP contribution < -0.4 is 10.2 Å². The maximum absolute atomic E-state index is 12.5. The van der Waals surface area contributed by atoms with Crippen molar-refractivity contribution in [2.45, 2.75) is 26.9 Å². The van der Waals surface area contributed by atoms with Gasteiger partial charge in [-0.25, -0.2) is 4.98 Å². The summed E-state index contributed by atoms with van der Waals surface area (Å²) in [5.41, 5.74) is 0.628. The second-order valence-corrected chi connectivity index (χ2v) is 3.86. The molecule has 0 amide bonds. The van der Waals surface area contributed by atoms with E-state index in [1.54, 1.807) is 13.8 Å². The Bertz CT molecular complexity index is 392. The predicted octanol–water partition coefficient (Wildman–Crippen LogP) is 2.61. The lowest BCUT2D eigenvalue weighted by atomic mass is 10.3. The summed E-state index contributed by atoms with van der Waals surface area (Å²) in [5, 5.41) is 2.89. The predicted molar refractivity (Wildman–Crippen MR) is 64.9 cm³/mol. The molecule has 1 rings (SSSR count). The standard InChI is InChI=1S/C11H17F3N4/c1-4-15-10-16-6-8(3)9(17-10)18(5-2)7-11(12,13)14/h6H,4-5,7H2,1-3H3,(H,15,16,17). The maximum Gasteiger partial charge on any atom is 0.405 e. The van der Waals surface area contributed by atoms with Gasteiger partial charge in [0.1, 0.15) is 12.4 Å². The number of nitrogens with one attached hydrogen (secondary N) is 1. The number of aryl methyl sites for hydroxylation is 1. The van der Waals surface area contributed by atoms with Gasteiger partial charge in [-0.05, 0) is 20.8 Å². The molecule has 1 heterocycles. The number of halogens is 3. The van der Waals surface area contributed by atoms with Crippen LogP contribution in [0, 0.1) is 6.92 Å². The number of alkyl halides is 3. The van der Waals surface area contributed by atoms with Gasteiger partial charge in [0.15, 0.2) is 0 Å². The van der Waals surface area contributed by atoms with Crippen molar-refractivity contribution in [3.05, 3.63) is 11.8 Å².